The Kier molecular flexibility index (Phi) is 4.53. The molecule has 4 nitrogen and oxygen atoms in total. The van der Waals surface area contributed by atoms with E-state index in [1.807, 2.05) is 0 Å². The second-order valence-electron chi connectivity index (χ2n) is 3.47. The van der Waals surface area contributed by atoms with Gasteiger partial charge in [0.05, 0.1) is 23.8 Å². The maximum absolute atomic E-state index is 12.7. The van der Waals surface area contributed by atoms with Crippen molar-refractivity contribution in [2.24, 2.45) is 0 Å². The summed E-state index contributed by atoms with van der Waals surface area (Å²) in [5, 5.41) is 26.1. The average molecular weight is 261 g/mol. The van der Waals surface area contributed by atoms with Gasteiger partial charge in [0, 0.05) is 0 Å². The topological polar surface area (TPSA) is 73.5 Å². The summed E-state index contributed by atoms with van der Waals surface area (Å²) in [5.41, 5.74) is -1.23. The molecule has 0 fully saturated rings. The van der Waals surface area contributed by atoms with E-state index in [2.05, 4.69) is 0 Å². The van der Waals surface area contributed by atoms with Crippen LogP contribution in [0.15, 0.2) is 18.2 Å². The maximum Gasteiger partial charge on any atom is 0.420 e. The van der Waals surface area contributed by atoms with Gasteiger partial charge in [0.2, 0.25) is 0 Å². The van der Waals surface area contributed by atoms with Crippen LogP contribution in [0.4, 0.5) is 13.2 Å². The highest BCUT2D eigenvalue weighted by molar-refractivity contribution is 5.43. The lowest BCUT2D eigenvalue weighted by Gasteiger charge is -2.15. The van der Waals surface area contributed by atoms with Gasteiger partial charge in [-0.3, -0.25) is 0 Å². The van der Waals surface area contributed by atoms with Gasteiger partial charge in [0.15, 0.2) is 0 Å². The van der Waals surface area contributed by atoms with E-state index in [9.17, 15) is 13.2 Å². The van der Waals surface area contributed by atoms with Gasteiger partial charge in [-0.15, -0.1) is 0 Å². The Morgan fingerprint density at radius 2 is 2.06 bits per heavy atom. The van der Waals surface area contributed by atoms with Crippen LogP contribution in [0.1, 0.15) is 11.1 Å². The molecule has 1 rings (SSSR count). The Balaban J connectivity index is 3.01. The van der Waals surface area contributed by atoms with Crippen molar-refractivity contribution < 1.29 is 28.1 Å². The molecular weight excluding hydrogens is 251 g/mol. The van der Waals surface area contributed by atoms with Crippen molar-refractivity contribution in [3.05, 3.63) is 29.3 Å². The molecule has 0 aliphatic rings. The minimum atomic E-state index is -4.66. The lowest BCUT2D eigenvalue weighted by atomic mass is 10.1. The van der Waals surface area contributed by atoms with Gasteiger partial charge in [-0.2, -0.15) is 18.4 Å². The van der Waals surface area contributed by atoms with E-state index in [4.69, 9.17) is 20.2 Å². The number of nitrogens with zero attached hydrogens (tertiary/aromatic N) is 1. The highest BCUT2D eigenvalue weighted by atomic mass is 19.4. The van der Waals surface area contributed by atoms with Crippen LogP contribution >= 0.6 is 0 Å². The smallest absolute Gasteiger partial charge is 0.420 e. The highest BCUT2D eigenvalue weighted by Crippen LogP contribution is 2.36. The van der Waals surface area contributed by atoms with Gasteiger partial charge in [0.25, 0.3) is 0 Å². The van der Waals surface area contributed by atoms with Crippen molar-refractivity contribution in [1.82, 2.24) is 0 Å². The molecule has 7 heteroatoms. The van der Waals surface area contributed by atoms with Crippen LogP contribution in [0.3, 0.4) is 0 Å². The minimum absolute atomic E-state index is 0.141. The summed E-state index contributed by atoms with van der Waals surface area (Å²) in [4.78, 5) is 0. The summed E-state index contributed by atoms with van der Waals surface area (Å²) < 4.78 is 42.8. The largest absolute Gasteiger partial charge is 0.490 e. The third-order valence-corrected chi connectivity index (χ3v) is 2.06. The first-order valence-electron chi connectivity index (χ1n) is 4.91. The van der Waals surface area contributed by atoms with Crippen molar-refractivity contribution in [3.8, 4) is 11.8 Å². The molecular formula is C11H10F3NO3. The third-order valence-electron chi connectivity index (χ3n) is 2.06. The molecule has 98 valence electrons. The monoisotopic (exact) mass is 261 g/mol. The molecule has 1 unspecified atom stereocenters. The first-order chi connectivity index (χ1) is 8.38. The Bertz CT molecular complexity index is 454. The normalized spacial score (nSPS) is 12.9. The first kappa shape index (κ1) is 14.3. The summed E-state index contributed by atoms with van der Waals surface area (Å²) in [6.07, 6.45) is -5.92. The molecule has 1 aromatic rings. The molecule has 0 spiro atoms. The number of hydrogen-bond donors (Lipinski definition) is 2. The minimum Gasteiger partial charge on any atom is -0.490 e. The molecule has 0 aliphatic carbocycles. The Morgan fingerprint density at radius 1 is 1.39 bits per heavy atom. The van der Waals surface area contributed by atoms with Crippen LogP contribution in [0, 0.1) is 11.3 Å². The third kappa shape index (κ3) is 3.61. The number of alkyl halides is 3. The zero-order chi connectivity index (χ0) is 13.8. The number of ether oxygens (including phenoxy) is 1. The second kappa shape index (κ2) is 5.71. The SMILES string of the molecule is N#Cc1ccc(OCC(O)CO)c(C(F)(F)F)c1. The summed E-state index contributed by atoms with van der Waals surface area (Å²) in [7, 11) is 0. The highest BCUT2D eigenvalue weighted by Gasteiger charge is 2.34. The molecule has 0 aromatic heterocycles. The first-order valence-corrected chi connectivity index (χ1v) is 4.91. The summed E-state index contributed by atoms with van der Waals surface area (Å²) in [6.45, 7) is -1.08. The fourth-order valence-electron chi connectivity index (χ4n) is 1.19. The second-order valence-corrected chi connectivity index (χ2v) is 3.47. The van der Waals surface area contributed by atoms with Crippen molar-refractivity contribution in [1.29, 1.82) is 5.26 Å². The van der Waals surface area contributed by atoms with Crippen LogP contribution in [-0.4, -0.2) is 29.5 Å². The molecule has 0 saturated heterocycles. The number of nitriles is 1. The number of aliphatic hydroxyl groups excluding tert-OH is 2. The predicted octanol–water partition coefficient (Wildman–Crippen LogP) is 1.31. The zero-order valence-corrected chi connectivity index (χ0v) is 9.11. The summed E-state index contributed by atoms with van der Waals surface area (Å²) in [6, 6.07) is 4.45. The van der Waals surface area contributed by atoms with E-state index in [1.165, 1.54) is 6.07 Å². The predicted molar refractivity (Wildman–Crippen MR) is 54.7 cm³/mol. The number of hydrogen-bond acceptors (Lipinski definition) is 4. The van der Waals surface area contributed by atoms with Crippen molar-refractivity contribution in [3.63, 3.8) is 0 Å². The lowest BCUT2D eigenvalue weighted by Crippen LogP contribution is -2.22. The molecule has 1 aromatic carbocycles. The van der Waals surface area contributed by atoms with Crippen molar-refractivity contribution in [2.75, 3.05) is 13.2 Å². The lowest BCUT2D eigenvalue weighted by molar-refractivity contribution is -0.139. The summed E-state index contributed by atoms with van der Waals surface area (Å²) in [5.74, 6) is -0.492. The van der Waals surface area contributed by atoms with Crippen LogP contribution in [0.2, 0.25) is 0 Å². The number of aliphatic hydroxyl groups is 2. The number of rotatable bonds is 4. The zero-order valence-electron chi connectivity index (χ0n) is 9.11. The van der Waals surface area contributed by atoms with Gasteiger partial charge in [-0.25, -0.2) is 0 Å². The summed E-state index contributed by atoms with van der Waals surface area (Å²) >= 11 is 0. The standard InChI is InChI=1S/C11H10F3NO3/c12-11(13,14)9-3-7(4-15)1-2-10(9)18-6-8(17)5-16/h1-3,8,16-17H,5-6H2. The number of halogens is 3. The van der Waals surface area contributed by atoms with E-state index in [-0.39, 0.29) is 5.56 Å². The molecule has 18 heavy (non-hydrogen) atoms. The Morgan fingerprint density at radius 3 is 2.56 bits per heavy atom. The number of benzene rings is 1. The van der Waals surface area contributed by atoms with Crippen molar-refractivity contribution in [2.45, 2.75) is 12.3 Å². The molecule has 0 heterocycles. The van der Waals surface area contributed by atoms with E-state index < -0.39 is 36.8 Å². The van der Waals surface area contributed by atoms with Gasteiger partial charge < -0.3 is 14.9 Å². The van der Waals surface area contributed by atoms with Gasteiger partial charge in [0.1, 0.15) is 18.5 Å². The molecule has 1 atom stereocenters. The quantitative estimate of drug-likeness (QED) is 0.857. The van der Waals surface area contributed by atoms with Crippen LogP contribution in [-0.2, 0) is 6.18 Å². The van der Waals surface area contributed by atoms with Crippen molar-refractivity contribution >= 4 is 0 Å². The van der Waals surface area contributed by atoms with E-state index in [1.54, 1.807) is 6.07 Å². The Labute approximate surface area is 101 Å². The van der Waals surface area contributed by atoms with Crippen LogP contribution < -0.4 is 4.74 Å². The molecule has 0 saturated carbocycles. The molecule has 0 amide bonds. The maximum atomic E-state index is 12.7. The van der Waals surface area contributed by atoms with Gasteiger partial charge >= 0.3 is 6.18 Å². The Hall–Kier alpha value is -1.78. The van der Waals surface area contributed by atoms with E-state index in [0.29, 0.717) is 6.07 Å². The fourth-order valence-corrected chi connectivity index (χ4v) is 1.19. The molecule has 2 N–H and O–H groups in total. The van der Waals surface area contributed by atoms with Crippen LogP contribution in [0.5, 0.6) is 5.75 Å². The van der Waals surface area contributed by atoms with E-state index in [0.717, 1.165) is 6.07 Å². The molecule has 0 radical (unpaired) electrons. The fraction of sp³-hybridized carbons (Fsp3) is 0.364. The van der Waals surface area contributed by atoms with Crippen LogP contribution in [0.25, 0.3) is 0 Å². The van der Waals surface area contributed by atoms with E-state index >= 15 is 0 Å². The van der Waals surface area contributed by atoms with Gasteiger partial charge in [-0.1, -0.05) is 0 Å². The van der Waals surface area contributed by atoms with Gasteiger partial charge in [-0.05, 0) is 18.2 Å². The molecule has 0 aliphatic heterocycles. The molecule has 0 bridgehead atoms. The average Bonchev–Trinajstić information content (AvgIpc) is 2.34.